The van der Waals surface area contributed by atoms with Gasteiger partial charge in [0.15, 0.2) is 23.0 Å². The predicted molar refractivity (Wildman–Crippen MR) is 94.9 cm³/mol. The number of nitrogens with one attached hydrogen (secondary N) is 2. The van der Waals surface area contributed by atoms with Crippen LogP contribution in [0.5, 0.6) is 34.5 Å². The molecule has 0 aliphatic carbocycles. The quantitative estimate of drug-likeness (QED) is 0.629. The second-order valence-electron chi connectivity index (χ2n) is 5.69. The first-order valence-corrected chi connectivity index (χ1v) is 8.04. The fraction of sp³-hybridized carbons (Fsp3) is 0.278. The number of aromatic hydroxyl groups is 2. The molecule has 1 aliphatic rings. The van der Waals surface area contributed by atoms with Crippen molar-refractivity contribution in [2.75, 3.05) is 28.1 Å². The minimum Gasteiger partial charge on any atom is -0.507 e. The number of rotatable bonds is 5. The Labute approximate surface area is 155 Å². The Morgan fingerprint density at radius 1 is 1.07 bits per heavy atom. The largest absolute Gasteiger partial charge is 0.507 e. The highest BCUT2D eigenvalue weighted by atomic mass is 16.7. The van der Waals surface area contributed by atoms with E-state index in [1.165, 1.54) is 27.3 Å². The van der Waals surface area contributed by atoms with Crippen LogP contribution >= 0.6 is 0 Å². The fourth-order valence-electron chi connectivity index (χ4n) is 2.80. The van der Waals surface area contributed by atoms with E-state index in [-0.39, 0.29) is 29.8 Å². The summed E-state index contributed by atoms with van der Waals surface area (Å²) in [5, 5.41) is 25.8. The maximum absolute atomic E-state index is 12.0. The van der Waals surface area contributed by atoms with E-state index in [9.17, 15) is 15.0 Å². The normalized spacial score (nSPS) is 13.0. The zero-order valence-corrected chi connectivity index (χ0v) is 15.0. The third-order valence-electron chi connectivity index (χ3n) is 4.17. The molecule has 1 heterocycles. The number of carbonyl (C=O) groups is 1. The molecule has 0 spiro atoms. The van der Waals surface area contributed by atoms with Gasteiger partial charge in [-0.2, -0.15) is 0 Å². The molecule has 4 N–H and O–H groups in total. The molecule has 27 heavy (non-hydrogen) atoms. The molecule has 0 saturated carbocycles. The highest BCUT2D eigenvalue weighted by molar-refractivity contribution is 5.75. The Hall–Kier alpha value is -3.49. The number of hydrogen-bond donors (Lipinski definition) is 4. The van der Waals surface area contributed by atoms with E-state index in [2.05, 4.69) is 10.6 Å². The van der Waals surface area contributed by atoms with Crippen LogP contribution in [0.2, 0.25) is 0 Å². The minimum absolute atomic E-state index is 0.0482. The van der Waals surface area contributed by atoms with E-state index < -0.39 is 12.1 Å². The summed E-state index contributed by atoms with van der Waals surface area (Å²) in [7, 11) is 4.28. The molecule has 2 amide bonds. The van der Waals surface area contributed by atoms with Crippen LogP contribution < -0.4 is 29.6 Å². The minimum atomic E-state index is -0.789. The smallest absolute Gasteiger partial charge is 0.315 e. The van der Waals surface area contributed by atoms with Gasteiger partial charge in [0, 0.05) is 18.7 Å². The Morgan fingerprint density at radius 3 is 2.22 bits per heavy atom. The van der Waals surface area contributed by atoms with Crippen molar-refractivity contribution in [3.05, 3.63) is 35.4 Å². The van der Waals surface area contributed by atoms with Gasteiger partial charge in [0.25, 0.3) is 0 Å². The molecule has 0 bridgehead atoms. The summed E-state index contributed by atoms with van der Waals surface area (Å²) in [4.78, 5) is 12.0. The summed E-state index contributed by atoms with van der Waals surface area (Å²) < 4.78 is 21.0. The lowest BCUT2D eigenvalue weighted by atomic mass is 9.96. The molecule has 9 heteroatoms. The SMILES string of the molecule is CNC(=O)NC(c1cc(OC)c(O)c(OC)c1)c1cc2c(cc1O)OCO2. The van der Waals surface area contributed by atoms with Gasteiger partial charge in [-0.15, -0.1) is 0 Å². The molecule has 0 radical (unpaired) electrons. The fourth-order valence-corrected chi connectivity index (χ4v) is 2.80. The van der Waals surface area contributed by atoms with Crippen LogP contribution in [0.3, 0.4) is 0 Å². The van der Waals surface area contributed by atoms with Crippen molar-refractivity contribution < 1.29 is 34.0 Å². The van der Waals surface area contributed by atoms with Gasteiger partial charge in [-0.1, -0.05) is 0 Å². The number of amides is 2. The molecule has 0 saturated heterocycles. The first kappa shape index (κ1) is 18.3. The average molecular weight is 376 g/mol. The topological polar surface area (TPSA) is 119 Å². The standard InChI is InChI=1S/C18H20N2O7/c1-19-18(23)20-16(9-4-14(24-2)17(22)15(5-9)25-3)10-6-12-13(7-11(10)21)27-8-26-12/h4-7,16,21-22H,8H2,1-3H3,(H2,19,20,23). The first-order chi connectivity index (χ1) is 13.0. The van der Waals surface area contributed by atoms with Gasteiger partial charge in [0.2, 0.25) is 12.5 Å². The molecule has 144 valence electrons. The maximum atomic E-state index is 12.0. The van der Waals surface area contributed by atoms with Crippen LogP contribution in [-0.4, -0.2) is 44.3 Å². The summed E-state index contributed by atoms with van der Waals surface area (Å²) in [6.07, 6.45) is 0. The first-order valence-electron chi connectivity index (χ1n) is 8.04. The third kappa shape index (κ3) is 3.43. The summed E-state index contributed by atoms with van der Waals surface area (Å²) in [6.45, 7) is 0.0482. The number of urea groups is 1. The Balaban J connectivity index is 2.14. The average Bonchev–Trinajstić information content (AvgIpc) is 3.12. The summed E-state index contributed by atoms with van der Waals surface area (Å²) in [6, 6.07) is 4.84. The highest BCUT2D eigenvalue weighted by Crippen LogP contribution is 2.44. The second kappa shape index (κ2) is 7.40. The van der Waals surface area contributed by atoms with Gasteiger partial charge in [-0.05, 0) is 23.8 Å². The molecular weight excluding hydrogens is 356 g/mol. The van der Waals surface area contributed by atoms with Crippen LogP contribution in [-0.2, 0) is 0 Å². The molecule has 3 rings (SSSR count). The molecule has 9 nitrogen and oxygen atoms in total. The number of phenols is 2. The van der Waals surface area contributed by atoms with Crippen molar-refractivity contribution in [2.24, 2.45) is 0 Å². The number of methoxy groups -OCH3 is 2. The van der Waals surface area contributed by atoms with E-state index >= 15 is 0 Å². The number of ether oxygens (including phenoxy) is 4. The lowest BCUT2D eigenvalue weighted by molar-refractivity contribution is 0.174. The van der Waals surface area contributed by atoms with Crippen LogP contribution in [0.15, 0.2) is 24.3 Å². The lowest BCUT2D eigenvalue weighted by Crippen LogP contribution is -2.36. The van der Waals surface area contributed by atoms with E-state index in [1.807, 2.05) is 0 Å². The summed E-state index contributed by atoms with van der Waals surface area (Å²) in [5.74, 6) is 0.922. The highest BCUT2D eigenvalue weighted by Gasteiger charge is 2.26. The van der Waals surface area contributed by atoms with Gasteiger partial charge in [-0.25, -0.2) is 4.79 Å². The number of phenolic OH excluding ortho intramolecular Hbond substituents is 2. The number of fused-ring (bicyclic) bond motifs is 1. The van der Waals surface area contributed by atoms with Gasteiger partial charge >= 0.3 is 6.03 Å². The third-order valence-corrected chi connectivity index (χ3v) is 4.17. The summed E-state index contributed by atoms with van der Waals surface area (Å²) in [5.41, 5.74) is 0.886. The molecule has 1 unspecified atom stereocenters. The Kier molecular flexibility index (Phi) is 5.02. The second-order valence-corrected chi connectivity index (χ2v) is 5.69. The Morgan fingerprint density at radius 2 is 1.67 bits per heavy atom. The van der Waals surface area contributed by atoms with Crippen molar-refractivity contribution >= 4 is 6.03 Å². The van der Waals surface area contributed by atoms with E-state index in [1.54, 1.807) is 18.2 Å². The zero-order valence-electron chi connectivity index (χ0n) is 15.0. The lowest BCUT2D eigenvalue weighted by Gasteiger charge is -2.22. The van der Waals surface area contributed by atoms with E-state index in [4.69, 9.17) is 18.9 Å². The van der Waals surface area contributed by atoms with Crippen molar-refractivity contribution in [3.63, 3.8) is 0 Å². The van der Waals surface area contributed by atoms with Gasteiger partial charge in [0.1, 0.15) is 5.75 Å². The Bertz CT molecular complexity index is 844. The van der Waals surface area contributed by atoms with Gasteiger partial charge in [-0.3, -0.25) is 0 Å². The van der Waals surface area contributed by atoms with Crippen molar-refractivity contribution in [1.29, 1.82) is 0 Å². The molecule has 1 atom stereocenters. The van der Waals surface area contributed by atoms with E-state index in [0.29, 0.717) is 22.6 Å². The van der Waals surface area contributed by atoms with Crippen molar-refractivity contribution in [2.45, 2.75) is 6.04 Å². The predicted octanol–water partition coefficient (Wildman–Crippen LogP) is 1.86. The van der Waals surface area contributed by atoms with Crippen molar-refractivity contribution in [1.82, 2.24) is 10.6 Å². The van der Waals surface area contributed by atoms with Gasteiger partial charge < -0.3 is 39.8 Å². The molecule has 1 aliphatic heterocycles. The van der Waals surface area contributed by atoms with E-state index in [0.717, 1.165) is 0 Å². The van der Waals surface area contributed by atoms with Crippen LogP contribution in [0, 0.1) is 0 Å². The molecule has 2 aromatic carbocycles. The maximum Gasteiger partial charge on any atom is 0.315 e. The van der Waals surface area contributed by atoms with Crippen LogP contribution in [0.4, 0.5) is 4.79 Å². The van der Waals surface area contributed by atoms with Crippen LogP contribution in [0.1, 0.15) is 17.2 Å². The molecular formula is C18H20N2O7. The van der Waals surface area contributed by atoms with Crippen LogP contribution in [0.25, 0.3) is 0 Å². The summed E-state index contributed by atoms with van der Waals surface area (Å²) >= 11 is 0. The van der Waals surface area contributed by atoms with Gasteiger partial charge in [0.05, 0.1) is 20.3 Å². The monoisotopic (exact) mass is 376 g/mol. The zero-order chi connectivity index (χ0) is 19.6. The molecule has 0 aromatic heterocycles. The number of hydrogen-bond acceptors (Lipinski definition) is 7. The number of benzene rings is 2. The molecule has 2 aromatic rings. The van der Waals surface area contributed by atoms with Crippen molar-refractivity contribution in [3.8, 4) is 34.5 Å². The number of carbonyl (C=O) groups excluding carboxylic acids is 1. The molecule has 0 fully saturated rings.